The van der Waals surface area contributed by atoms with E-state index in [1.807, 2.05) is 0 Å². The predicted octanol–water partition coefficient (Wildman–Crippen LogP) is 0.0748. The summed E-state index contributed by atoms with van der Waals surface area (Å²) in [5, 5.41) is 12.5. The van der Waals surface area contributed by atoms with Crippen molar-refractivity contribution in [3.8, 4) is 5.75 Å². The number of nitrogens with two attached hydrogens (primary N) is 5. The quantitative estimate of drug-likeness (QED) is 0.0231. The Bertz CT molecular complexity index is 7680. The molecular formula is C70H81N27O37P6. The number of nitrogens with one attached hydrogen (secondary N) is 5. The number of rotatable bonds is 36. The van der Waals surface area contributed by atoms with E-state index in [2.05, 4.69) is 79.7 Å². The number of aromatic amines is 5. The Hall–Kier alpha value is -11.5. The summed E-state index contributed by atoms with van der Waals surface area (Å²) < 4.78 is 197. The van der Waals surface area contributed by atoms with Crippen LogP contribution < -0.4 is 66.7 Å². The number of nitrogen functional groups attached to an aromatic ring is 5. The van der Waals surface area contributed by atoms with Crippen LogP contribution in [0.4, 0.5) is 29.6 Å². The number of imidazole rings is 5. The molecule has 13 aromatic rings. The van der Waals surface area contributed by atoms with Crippen molar-refractivity contribution in [2.45, 2.75) is 156 Å². The van der Waals surface area contributed by atoms with Crippen molar-refractivity contribution in [3.05, 3.63) is 154 Å². The van der Waals surface area contributed by atoms with Gasteiger partial charge in [0.2, 0.25) is 23.8 Å². The second-order valence-corrected chi connectivity index (χ2v) is 40.7. The molecule has 19 rings (SSSR count). The standard InChI is InChI=1S/C70H81N27O37P6/c1-28-15-92(70(104)91-61(28)99)45-10-33(39(124-45)17-118-135(105,106)129-31-7-6-29-4-2-3-5-30(29)8-31)130-137(109,110)120-19-41-35(12-47(126-41)95-25-80-52-58(95)84-67(73)88-63(52)101)133-139(113,114)122-21-43-37(14-49(128-43)97-27-82-54-60(97)86-69(75)90-65(54)103)134-140(115,116)121-20-42-36(13-48(127-42)96-26-81-53-59(96)85-68(74)89-64(53)102)132-138(111,112)119-18-40-34(11-46(125-40)93-23-78-50-55(71)76-22-77-56(50)93)131-136(107,108)117-16-38-32(98)9-44(123-38)94-24-79-51-57(94)83-66(72)87-62(51)100/h2-8,15,22-27,32-49,98H,9-14,16-21H2,1H3,(H,105,106)(H,107,108)(H,109,110)(H,111,112)(H,113,114)(H,115,116)(H2,71,76,77)(H,91,99,104)(H3,72,83,87,100)(H3,73,84,88,101)(H3,74,85,89,102)(H3,75,86,90,103). The van der Waals surface area contributed by atoms with E-state index in [0.29, 0.717) is 5.39 Å². The summed E-state index contributed by atoms with van der Waals surface area (Å²) in [4.78, 5) is 204. The lowest BCUT2D eigenvalue weighted by Gasteiger charge is -2.26. The number of phosphoric acid groups is 6. The maximum atomic E-state index is 14.7. The molecule has 64 nitrogen and oxygen atoms in total. The second kappa shape index (κ2) is 38.1. The predicted molar refractivity (Wildman–Crippen MR) is 467 cm³/mol. The zero-order valence-corrected chi connectivity index (χ0v) is 76.9. The van der Waals surface area contributed by atoms with E-state index in [-0.39, 0.29) is 91.7 Å². The molecule has 0 saturated carbocycles. The van der Waals surface area contributed by atoms with Crippen LogP contribution in [-0.2, 0) is 106 Å². The number of fused-ring (bicyclic) bond motifs is 6. The maximum absolute atomic E-state index is 14.7. The zero-order chi connectivity index (χ0) is 98.7. The number of ether oxygens (including phenoxy) is 6. The van der Waals surface area contributed by atoms with E-state index < -0.39 is 274 Å². The molecule has 6 fully saturated rings. The number of hydrogen-bond donors (Lipinski definition) is 17. The number of H-pyrrole nitrogens is 5. The monoisotopic (exact) mass is 2080 g/mol. The third-order valence-corrected chi connectivity index (χ3v) is 29.0. The van der Waals surface area contributed by atoms with Crippen LogP contribution >= 0.6 is 46.9 Å². The summed E-state index contributed by atoms with van der Waals surface area (Å²) in [5.41, 5.74) is 23.3. The number of benzene rings is 2. The van der Waals surface area contributed by atoms with Crippen molar-refractivity contribution in [2.24, 2.45) is 0 Å². The van der Waals surface area contributed by atoms with Gasteiger partial charge in [-0.25, -0.2) is 67.1 Å². The Balaban J connectivity index is 0.550. The molecule has 6 saturated heterocycles. The van der Waals surface area contributed by atoms with Gasteiger partial charge in [-0.15, -0.1) is 0 Å². The molecule has 6 aliphatic rings. The summed E-state index contributed by atoms with van der Waals surface area (Å²) in [6.45, 7) is -4.87. The van der Waals surface area contributed by atoms with Gasteiger partial charge in [0.1, 0.15) is 122 Å². The lowest BCUT2D eigenvalue weighted by Crippen LogP contribution is -2.33. The highest BCUT2D eigenvalue weighted by molar-refractivity contribution is 7.48. The van der Waals surface area contributed by atoms with E-state index in [1.54, 1.807) is 30.3 Å². The Morgan fingerprint density at radius 1 is 0.364 bits per heavy atom. The van der Waals surface area contributed by atoms with Crippen molar-refractivity contribution >= 4 is 143 Å². The van der Waals surface area contributed by atoms with Crippen LogP contribution in [-0.4, -0.2) is 255 Å². The molecule has 70 heteroatoms. The number of nitrogens with zero attached hydrogens (tertiary/aromatic N) is 17. The zero-order valence-electron chi connectivity index (χ0n) is 71.5. The number of anilines is 5. The number of aryl methyl sites for hydroxylation is 1. The average Bonchev–Trinajstić information content (AvgIpc) is 1.64. The first kappa shape index (κ1) is 97.4. The molecule has 0 bridgehead atoms. The number of hydrogen-bond acceptors (Lipinski definition) is 47. The number of phosphoric ester groups is 6. The van der Waals surface area contributed by atoms with Crippen LogP contribution in [0.3, 0.4) is 0 Å². The highest BCUT2D eigenvalue weighted by Crippen LogP contribution is 2.58. The first-order valence-electron chi connectivity index (χ1n) is 41.7. The lowest BCUT2D eigenvalue weighted by atomic mass is 10.1. The van der Waals surface area contributed by atoms with Gasteiger partial charge in [0, 0.05) is 50.3 Å². The van der Waals surface area contributed by atoms with E-state index >= 15 is 0 Å². The highest BCUT2D eigenvalue weighted by Gasteiger charge is 2.53. The van der Waals surface area contributed by atoms with Crippen molar-refractivity contribution in [3.63, 3.8) is 0 Å². The molecule has 0 amide bonds. The van der Waals surface area contributed by atoms with Gasteiger partial charge in [0.15, 0.2) is 56.1 Å². The van der Waals surface area contributed by atoms with Crippen LogP contribution in [0, 0.1) is 6.92 Å². The number of aliphatic hydroxyl groups is 1. The molecular weight excluding hydrogens is 2000 g/mol. The molecule has 22 N–H and O–H groups in total. The third-order valence-electron chi connectivity index (χ3n) is 23.0. The van der Waals surface area contributed by atoms with Crippen LogP contribution in [0.15, 0.2) is 115 Å². The highest BCUT2D eigenvalue weighted by atomic mass is 31.2. The first-order valence-corrected chi connectivity index (χ1v) is 50.6. The molecule has 6 aliphatic heterocycles. The van der Waals surface area contributed by atoms with Gasteiger partial charge in [0.05, 0.1) is 77.4 Å². The SMILES string of the molecule is Cc1cn(C2CC(OP(=O)(O)OCC3OC(n4cnc5c(=O)[nH]c(N)nc54)CC3OP(=O)(O)OCC3OC(n4cnc5c(=O)[nH]c(N)nc54)CC3OP(=O)(O)OCC3OC(n4cnc5c(=O)[nH]c(N)nc54)CC3OP(=O)(O)OCC3OC(n4cnc5c(N)ncnc54)CC3OP(=O)(O)OCC3OC(n4cnc5c(=O)[nH]c(N)nc54)CC3O)C(COP(=O)(O)Oc3ccc4ccccc4c3)O2)c(=O)[nH]c1=O. The van der Waals surface area contributed by atoms with Gasteiger partial charge in [-0.3, -0.25) is 131 Å². The first-order chi connectivity index (χ1) is 66.5. The molecule has 748 valence electrons. The second-order valence-electron chi connectivity index (χ2n) is 32.3. The summed E-state index contributed by atoms with van der Waals surface area (Å²) >= 11 is 0. The molecule has 17 heterocycles. The van der Waals surface area contributed by atoms with Crippen molar-refractivity contribution in [1.29, 1.82) is 0 Å². The minimum atomic E-state index is -5.72. The van der Waals surface area contributed by atoms with E-state index in [0.717, 1.165) is 55.2 Å². The van der Waals surface area contributed by atoms with Crippen LogP contribution in [0.1, 0.15) is 81.5 Å². The Labute approximate surface area is 776 Å². The lowest BCUT2D eigenvalue weighted by molar-refractivity contribution is -0.0638. The van der Waals surface area contributed by atoms with Gasteiger partial charge in [-0.05, 0) is 29.8 Å². The number of aromatic nitrogens is 22. The Morgan fingerprint density at radius 2 is 0.671 bits per heavy atom. The van der Waals surface area contributed by atoms with Gasteiger partial charge >= 0.3 is 52.6 Å². The van der Waals surface area contributed by atoms with E-state index in [9.17, 15) is 90.6 Å². The molecule has 0 radical (unpaired) electrons. The van der Waals surface area contributed by atoms with Crippen LogP contribution in [0.5, 0.6) is 5.75 Å². The Kier molecular flexibility index (Phi) is 26.5. The summed E-state index contributed by atoms with van der Waals surface area (Å²) in [6.07, 6.45) is -23.2. The van der Waals surface area contributed by atoms with Crippen molar-refractivity contribution in [2.75, 3.05) is 68.3 Å². The summed E-state index contributed by atoms with van der Waals surface area (Å²) in [6, 6.07) is 11.4. The van der Waals surface area contributed by atoms with Crippen LogP contribution in [0.25, 0.3) is 66.6 Å². The summed E-state index contributed by atoms with van der Waals surface area (Å²) in [7, 11) is -33.1. The van der Waals surface area contributed by atoms with Crippen molar-refractivity contribution < 1.29 is 145 Å². The van der Waals surface area contributed by atoms with E-state index in [1.165, 1.54) is 40.8 Å². The van der Waals surface area contributed by atoms with Crippen molar-refractivity contribution in [1.82, 2.24) is 107 Å². The Morgan fingerprint density at radius 3 is 1.04 bits per heavy atom. The molecule has 140 heavy (non-hydrogen) atoms. The van der Waals surface area contributed by atoms with Gasteiger partial charge < -0.3 is 91.2 Å². The third kappa shape index (κ3) is 20.8. The largest absolute Gasteiger partial charge is 0.527 e. The maximum Gasteiger partial charge on any atom is 0.527 e. The normalized spacial score (nSPS) is 27.7. The minimum absolute atomic E-state index is 0.00428. The van der Waals surface area contributed by atoms with E-state index in [4.69, 9.17) is 111 Å². The molecule has 11 aromatic heterocycles. The average molecular weight is 2080 g/mol. The fourth-order valence-electron chi connectivity index (χ4n) is 16.6. The number of aliphatic hydroxyl groups excluding tert-OH is 1. The van der Waals surface area contributed by atoms with Gasteiger partial charge in [-0.1, -0.05) is 30.3 Å². The minimum Gasteiger partial charge on any atom is -0.404 e. The fourth-order valence-corrected chi connectivity index (χ4v) is 22.2. The summed E-state index contributed by atoms with van der Waals surface area (Å²) in [5.74, 6) is -1.64. The fraction of sp³-hybridized carbons (Fsp3) is 0.443. The molecule has 24 atom stereocenters. The van der Waals surface area contributed by atoms with Crippen LogP contribution in [0.2, 0.25) is 0 Å². The molecule has 0 spiro atoms. The molecule has 2 aromatic carbocycles. The smallest absolute Gasteiger partial charge is 0.404 e. The molecule has 0 aliphatic carbocycles. The topological polar surface area (TPSA) is 893 Å². The molecule has 24 unspecified atom stereocenters. The van der Waals surface area contributed by atoms with Gasteiger partial charge in [-0.2, -0.15) is 19.9 Å². The van der Waals surface area contributed by atoms with Gasteiger partial charge in [0.25, 0.3) is 27.8 Å².